The predicted molar refractivity (Wildman–Crippen MR) is 121 cm³/mol. The van der Waals surface area contributed by atoms with Gasteiger partial charge in [0.15, 0.2) is 0 Å². The molecule has 2 heterocycles. The maximum Gasteiger partial charge on any atom is 0.340 e. The topological polar surface area (TPSA) is 94.2 Å². The van der Waals surface area contributed by atoms with Gasteiger partial charge in [0.05, 0.1) is 27.7 Å². The van der Waals surface area contributed by atoms with Crippen LogP contribution in [0, 0.1) is 18.3 Å². The highest BCUT2D eigenvalue weighted by Crippen LogP contribution is 2.37. The summed E-state index contributed by atoms with van der Waals surface area (Å²) in [5.41, 5.74) is 3.18. The number of fused-ring (bicyclic) bond motifs is 1. The molecular weight excluding hydrogens is 482 g/mol. The van der Waals surface area contributed by atoms with Crippen molar-refractivity contribution in [2.45, 2.75) is 31.6 Å². The van der Waals surface area contributed by atoms with E-state index < -0.39 is 11.9 Å². The van der Waals surface area contributed by atoms with Gasteiger partial charge in [0.1, 0.15) is 16.8 Å². The van der Waals surface area contributed by atoms with E-state index in [1.54, 1.807) is 31.2 Å². The van der Waals surface area contributed by atoms with Gasteiger partial charge < -0.3 is 14.0 Å². The number of nitriles is 1. The van der Waals surface area contributed by atoms with Crippen molar-refractivity contribution in [1.82, 2.24) is 9.55 Å². The Morgan fingerprint density at radius 3 is 2.71 bits per heavy atom. The lowest BCUT2D eigenvalue weighted by Crippen LogP contribution is -2.08. The average molecular weight is 502 g/mol. The first-order valence-corrected chi connectivity index (χ1v) is 11.2. The standard InChI is InChI=1S/C22H20BrN3O4S/c1-5-29-22(28)20-15-8-19(30-13(3)27)16(23)9-17(15)26(4)18(20)11-31-21-14(10-24)7-6-12(2)25-21/h6-9H,5,11H2,1-4H3. The van der Waals surface area contributed by atoms with Crippen LogP contribution in [-0.2, 0) is 22.3 Å². The molecule has 3 rings (SSSR count). The van der Waals surface area contributed by atoms with Gasteiger partial charge in [-0.05, 0) is 54.0 Å². The van der Waals surface area contributed by atoms with Gasteiger partial charge >= 0.3 is 11.9 Å². The van der Waals surface area contributed by atoms with Crippen LogP contribution >= 0.6 is 27.7 Å². The highest BCUT2D eigenvalue weighted by molar-refractivity contribution is 9.10. The number of ether oxygens (including phenoxy) is 2. The SMILES string of the molecule is CCOC(=O)c1c(CSc2nc(C)ccc2C#N)n(C)c2cc(Br)c(OC(C)=O)cc12. The smallest absolute Gasteiger partial charge is 0.340 e. The molecule has 0 aliphatic heterocycles. The zero-order valence-electron chi connectivity index (χ0n) is 17.5. The highest BCUT2D eigenvalue weighted by Gasteiger charge is 2.24. The second kappa shape index (κ2) is 9.54. The van der Waals surface area contributed by atoms with E-state index in [-0.39, 0.29) is 6.61 Å². The minimum atomic E-state index is -0.461. The fourth-order valence-corrected chi connectivity index (χ4v) is 4.69. The normalized spacial score (nSPS) is 10.7. The fourth-order valence-electron chi connectivity index (χ4n) is 3.19. The van der Waals surface area contributed by atoms with Crippen LogP contribution in [0.5, 0.6) is 5.75 Å². The second-order valence-corrected chi connectivity index (χ2v) is 8.52. The monoisotopic (exact) mass is 501 g/mol. The predicted octanol–water partition coefficient (Wildman–Crippen LogP) is 4.91. The summed E-state index contributed by atoms with van der Waals surface area (Å²) in [6, 6.07) is 9.14. The van der Waals surface area contributed by atoms with Crippen molar-refractivity contribution >= 4 is 50.5 Å². The Morgan fingerprint density at radius 1 is 1.32 bits per heavy atom. The molecule has 0 spiro atoms. The maximum absolute atomic E-state index is 12.9. The number of hydrogen-bond acceptors (Lipinski definition) is 7. The highest BCUT2D eigenvalue weighted by atomic mass is 79.9. The van der Waals surface area contributed by atoms with Gasteiger partial charge in [0.2, 0.25) is 0 Å². The molecule has 7 nitrogen and oxygen atoms in total. The van der Waals surface area contributed by atoms with Gasteiger partial charge in [-0.25, -0.2) is 9.78 Å². The van der Waals surface area contributed by atoms with E-state index in [2.05, 4.69) is 27.0 Å². The van der Waals surface area contributed by atoms with Crippen LogP contribution in [0.15, 0.2) is 33.8 Å². The number of esters is 2. The molecule has 160 valence electrons. The lowest BCUT2D eigenvalue weighted by atomic mass is 10.1. The van der Waals surface area contributed by atoms with Gasteiger partial charge in [-0.3, -0.25) is 4.79 Å². The Kier molecular flexibility index (Phi) is 7.03. The fraction of sp³-hybridized carbons (Fsp3) is 0.273. The summed E-state index contributed by atoms with van der Waals surface area (Å²) in [7, 11) is 1.85. The molecule has 3 aromatic rings. The van der Waals surface area contributed by atoms with Crippen LogP contribution in [-0.4, -0.2) is 28.1 Å². The number of pyridine rings is 1. The largest absolute Gasteiger partial charge is 0.462 e. The zero-order valence-corrected chi connectivity index (χ0v) is 19.9. The maximum atomic E-state index is 12.9. The molecule has 0 atom stereocenters. The molecule has 0 amide bonds. The third-order valence-corrected chi connectivity index (χ3v) is 6.20. The van der Waals surface area contributed by atoms with Crippen molar-refractivity contribution in [1.29, 1.82) is 5.26 Å². The number of aryl methyl sites for hydroxylation is 2. The van der Waals surface area contributed by atoms with Gasteiger partial charge in [-0.15, -0.1) is 0 Å². The Labute approximate surface area is 192 Å². The van der Waals surface area contributed by atoms with E-state index >= 15 is 0 Å². The number of nitrogens with zero attached hydrogens (tertiary/aromatic N) is 3. The van der Waals surface area contributed by atoms with E-state index in [9.17, 15) is 14.9 Å². The van der Waals surface area contributed by atoms with Crippen molar-refractivity contribution in [3.63, 3.8) is 0 Å². The van der Waals surface area contributed by atoms with Gasteiger partial charge in [-0.1, -0.05) is 11.8 Å². The number of carbonyl (C=O) groups excluding carboxylic acids is 2. The lowest BCUT2D eigenvalue weighted by molar-refractivity contribution is -0.131. The first-order chi connectivity index (χ1) is 14.8. The Hall–Kier alpha value is -2.83. The number of aromatic nitrogens is 2. The minimum Gasteiger partial charge on any atom is -0.462 e. The van der Waals surface area contributed by atoms with Crippen LogP contribution in [0.4, 0.5) is 0 Å². The number of halogens is 1. The number of hydrogen-bond donors (Lipinski definition) is 0. The van der Waals surface area contributed by atoms with E-state index in [0.717, 1.165) is 16.9 Å². The Morgan fingerprint density at radius 2 is 2.06 bits per heavy atom. The van der Waals surface area contributed by atoms with Crippen LogP contribution in [0.25, 0.3) is 10.9 Å². The first-order valence-electron chi connectivity index (χ1n) is 9.43. The van der Waals surface area contributed by atoms with Gasteiger partial charge in [0, 0.05) is 36.5 Å². The second-order valence-electron chi connectivity index (χ2n) is 6.70. The van der Waals surface area contributed by atoms with Crippen molar-refractivity contribution in [3.05, 3.63) is 51.3 Å². The summed E-state index contributed by atoms with van der Waals surface area (Å²) >= 11 is 4.80. The van der Waals surface area contributed by atoms with Gasteiger partial charge in [0.25, 0.3) is 0 Å². The molecule has 0 bridgehead atoms. The van der Waals surface area contributed by atoms with E-state index in [0.29, 0.717) is 37.5 Å². The number of thioether (sulfide) groups is 1. The van der Waals surface area contributed by atoms with E-state index in [1.165, 1.54) is 18.7 Å². The van der Waals surface area contributed by atoms with Crippen LogP contribution in [0.3, 0.4) is 0 Å². The number of rotatable bonds is 6. The summed E-state index contributed by atoms with van der Waals surface area (Å²) < 4.78 is 13.1. The molecule has 0 aliphatic carbocycles. The molecular formula is C22H20BrN3O4S. The van der Waals surface area contributed by atoms with Crippen LogP contribution < -0.4 is 4.74 Å². The molecule has 0 radical (unpaired) electrons. The van der Waals surface area contributed by atoms with E-state index in [1.807, 2.05) is 18.5 Å². The molecule has 31 heavy (non-hydrogen) atoms. The molecule has 0 saturated heterocycles. The summed E-state index contributed by atoms with van der Waals surface area (Å²) in [6.45, 7) is 5.15. The molecule has 0 aliphatic rings. The first kappa shape index (κ1) is 22.8. The van der Waals surface area contributed by atoms with Crippen molar-refractivity contribution in [3.8, 4) is 11.8 Å². The summed E-state index contributed by atoms with van der Waals surface area (Å²) in [5, 5.41) is 10.6. The van der Waals surface area contributed by atoms with E-state index in [4.69, 9.17) is 9.47 Å². The molecule has 2 aromatic heterocycles. The number of carbonyl (C=O) groups is 2. The van der Waals surface area contributed by atoms with Crippen molar-refractivity contribution < 1.29 is 19.1 Å². The molecule has 0 N–H and O–H groups in total. The summed E-state index contributed by atoms with van der Waals surface area (Å²) in [6.07, 6.45) is 0. The zero-order chi connectivity index (χ0) is 22.7. The molecule has 1 aromatic carbocycles. The number of benzene rings is 1. The summed E-state index contributed by atoms with van der Waals surface area (Å²) in [4.78, 5) is 28.8. The van der Waals surface area contributed by atoms with Gasteiger partial charge in [-0.2, -0.15) is 5.26 Å². The van der Waals surface area contributed by atoms with Crippen molar-refractivity contribution in [2.75, 3.05) is 6.61 Å². The van der Waals surface area contributed by atoms with Crippen LogP contribution in [0.1, 0.15) is 41.2 Å². The third kappa shape index (κ3) is 4.75. The molecule has 9 heteroatoms. The minimum absolute atomic E-state index is 0.229. The molecule has 0 saturated carbocycles. The van der Waals surface area contributed by atoms with Crippen LogP contribution in [0.2, 0.25) is 0 Å². The van der Waals surface area contributed by atoms with Crippen molar-refractivity contribution in [2.24, 2.45) is 7.05 Å². The molecule has 0 fully saturated rings. The Bertz CT molecular complexity index is 1230. The average Bonchev–Trinajstić information content (AvgIpc) is 2.97. The Balaban J connectivity index is 2.13. The lowest BCUT2D eigenvalue weighted by Gasteiger charge is -2.09. The summed E-state index contributed by atoms with van der Waals surface area (Å²) in [5.74, 6) is -0.204. The molecule has 0 unspecified atom stereocenters. The quantitative estimate of drug-likeness (QED) is 0.269. The third-order valence-electron chi connectivity index (χ3n) is 4.57.